The van der Waals surface area contributed by atoms with Crippen molar-refractivity contribution in [1.82, 2.24) is 4.98 Å². The van der Waals surface area contributed by atoms with E-state index in [9.17, 15) is 9.18 Å². The summed E-state index contributed by atoms with van der Waals surface area (Å²) in [7, 11) is 0. The van der Waals surface area contributed by atoms with Gasteiger partial charge in [0.1, 0.15) is 11.6 Å². The fourth-order valence-electron chi connectivity index (χ4n) is 1.61. The summed E-state index contributed by atoms with van der Waals surface area (Å²) in [5, 5.41) is 2.61. The van der Waals surface area contributed by atoms with Crippen molar-refractivity contribution in [3.05, 3.63) is 51.9 Å². The Kier molecular flexibility index (Phi) is 3.80. The van der Waals surface area contributed by atoms with E-state index in [1.165, 1.54) is 24.3 Å². The Hall–Kier alpha value is -1.95. The van der Waals surface area contributed by atoms with Crippen LogP contribution in [0.5, 0.6) is 0 Å². The molecule has 3 N–H and O–H groups in total. The van der Waals surface area contributed by atoms with Crippen LogP contribution >= 0.6 is 15.9 Å². The normalized spacial score (nSPS) is 10.3. The number of rotatable bonds is 2. The fourth-order valence-corrected chi connectivity index (χ4v) is 1.96. The third-order valence-corrected chi connectivity index (χ3v) is 3.10. The van der Waals surface area contributed by atoms with E-state index in [0.717, 1.165) is 0 Å². The average molecular weight is 324 g/mol. The van der Waals surface area contributed by atoms with Gasteiger partial charge in [0.15, 0.2) is 0 Å². The lowest BCUT2D eigenvalue weighted by atomic mass is 10.2. The maximum Gasteiger partial charge on any atom is 0.255 e. The van der Waals surface area contributed by atoms with Crippen molar-refractivity contribution in [3.8, 4) is 0 Å². The third kappa shape index (κ3) is 3.29. The van der Waals surface area contributed by atoms with Crippen LogP contribution in [0.25, 0.3) is 0 Å². The van der Waals surface area contributed by atoms with Crippen LogP contribution < -0.4 is 11.1 Å². The third-order valence-electron chi connectivity index (χ3n) is 2.41. The van der Waals surface area contributed by atoms with Crippen LogP contribution in [0.15, 0.2) is 34.8 Å². The molecule has 2 rings (SSSR count). The second-order valence-corrected chi connectivity index (χ2v) is 4.85. The summed E-state index contributed by atoms with van der Waals surface area (Å²) < 4.78 is 13.7. The van der Waals surface area contributed by atoms with Gasteiger partial charge in [0, 0.05) is 15.7 Å². The molecule has 2 aromatic rings. The van der Waals surface area contributed by atoms with Gasteiger partial charge in [-0.05, 0) is 53.2 Å². The van der Waals surface area contributed by atoms with Crippen molar-refractivity contribution in [2.45, 2.75) is 6.92 Å². The van der Waals surface area contributed by atoms with Gasteiger partial charge in [0.05, 0.1) is 5.69 Å². The lowest BCUT2D eigenvalue weighted by Crippen LogP contribution is -2.13. The van der Waals surface area contributed by atoms with Crippen molar-refractivity contribution in [1.29, 1.82) is 0 Å². The molecular weight excluding hydrogens is 313 g/mol. The molecule has 0 aliphatic heterocycles. The van der Waals surface area contributed by atoms with Crippen LogP contribution in [0, 0.1) is 12.7 Å². The first-order valence-electron chi connectivity index (χ1n) is 5.46. The number of aryl methyl sites for hydroxylation is 1. The Morgan fingerprint density at radius 3 is 2.79 bits per heavy atom. The molecule has 19 heavy (non-hydrogen) atoms. The first-order valence-corrected chi connectivity index (χ1v) is 6.25. The smallest absolute Gasteiger partial charge is 0.255 e. The molecule has 1 aromatic carbocycles. The highest BCUT2D eigenvalue weighted by Crippen LogP contribution is 2.23. The summed E-state index contributed by atoms with van der Waals surface area (Å²) >= 11 is 3.24. The monoisotopic (exact) mass is 323 g/mol. The Balaban J connectivity index is 2.28. The number of nitrogens with two attached hydrogens (primary N) is 1. The molecular formula is C13H11BrFN3O. The van der Waals surface area contributed by atoms with Crippen LogP contribution in [0.2, 0.25) is 0 Å². The second kappa shape index (κ2) is 5.36. The molecule has 0 aliphatic carbocycles. The summed E-state index contributed by atoms with van der Waals surface area (Å²) in [6.45, 7) is 1.74. The number of benzene rings is 1. The maximum absolute atomic E-state index is 13.1. The lowest BCUT2D eigenvalue weighted by molar-refractivity contribution is 0.102. The van der Waals surface area contributed by atoms with Crippen molar-refractivity contribution >= 4 is 33.3 Å². The Labute approximate surface area is 118 Å². The number of nitrogens with zero attached hydrogens (tertiary/aromatic N) is 1. The summed E-state index contributed by atoms with van der Waals surface area (Å²) in [4.78, 5) is 16.0. The van der Waals surface area contributed by atoms with Crippen molar-refractivity contribution in [2.24, 2.45) is 0 Å². The number of anilines is 2. The van der Waals surface area contributed by atoms with Crippen LogP contribution in [-0.2, 0) is 0 Å². The summed E-state index contributed by atoms with van der Waals surface area (Å²) in [5.74, 6) is -0.532. The van der Waals surface area contributed by atoms with Gasteiger partial charge in [-0.3, -0.25) is 4.79 Å². The van der Waals surface area contributed by atoms with E-state index in [1.54, 1.807) is 13.0 Å². The van der Waals surface area contributed by atoms with Crippen LogP contribution in [-0.4, -0.2) is 10.9 Å². The number of carbonyl (C=O) groups excluding carboxylic acids is 1. The molecule has 0 bridgehead atoms. The molecule has 0 saturated carbocycles. The number of halogens is 2. The van der Waals surface area contributed by atoms with Gasteiger partial charge in [-0.25, -0.2) is 9.37 Å². The Morgan fingerprint density at radius 1 is 1.37 bits per heavy atom. The van der Waals surface area contributed by atoms with Gasteiger partial charge >= 0.3 is 0 Å². The topological polar surface area (TPSA) is 68.0 Å². The van der Waals surface area contributed by atoms with Crippen molar-refractivity contribution in [3.63, 3.8) is 0 Å². The maximum atomic E-state index is 13.1. The molecule has 0 aliphatic rings. The number of nitrogens with one attached hydrogen (secondary N) is 1. The van der Waals surface area contributed by atoms with Crippen molar-refractivity contribution in [2.75, 3.05) is 11.1 Å². The second-order valence-electron chi connectivity index (χ2n) is 4.00. The standard InChI is InChI=1S/C13H11BrFN3O/c1-7-4-8(5-12(16)17-7)13(19)18-11-6-9(15)2-3-10(11)14/h2-6H,1H3,(H2,16,17)(H,18,19). The zero-order valence-electron chi connectivity index (χ0n) is 10.1. The highest BCUT2D eigenvalue weighted by molar-refractivity contribution is 9.10. The van der Waals surface area contributed by atoms with Gasteiger partial charge in [0.25, 0.3) is 5.91 Å². The highest BCUT2D eigenvalue weighted by Gasteiger charge is 2.10. The molecule has 98 valence electrons. The number of carbonyl (C=O) groups is 1. The number of hydrogen-bond acceptors (Lipinski definition) is 3. The molecule has 6 heteroatoms. The minimum absolute atomic E-state index is 0.267. The van der Waals surface area contributed by atoms with E-state index in [1.807, 2.05) is 0 Å². The highest BCUT2D eigenvalue weighted by atomic mass is 79.9. The minimum atomic E-state index is -0.427. The summed E-state index contributed by atoms with van der Waals surface area (Å²) in [6, 6.07) is 7.14. The van der Waals surface area contributed by atoms with E-state index < -0.39 is 5.82 Å². The van der Waals surface area contributed by atoms with E-state index in [4.69, 9.17) is 5.73 Å². The molecule has 0 fully saturated rings. The van der Waals surface area contributed by atoms with Gasteiger partial charge in [-0.15, -0.1) is 0 Å². The van der Waals surface area contributed by atoms with E-state index in [2.05, 4.69) is 26.2 Å². The quantitative estimate of drug-likeness (QED) is 0.892. The molecule has 0 spiro atoms. The van der Waals surface area contributed by atoms with Crippen molar-refractivity contribution < 1.29 is 9.18 Å². The van der Waals surface area contributed by atoms with E-state index >= 15 is 0 Å². The van der Waals surface area contributed by atoms with Crippen LogP contribution in [0.1, 0.15) is 16.1 Å². The molecule has 0 atom stereocenters. The van der Waals surface area contributed by atoms with E-state index in [0.29, 0.717) is 21.4 Å². The molecule has 0 unspecified atom stereocenters. The summed E-state index contributed by atoms with van der Waals surface area (Å²) in [6.07, 6.45) is 0. The molecule has 0 radical (unpaired) electrons. The Morgan fingerprint density at radius 2 is 2.11 bits per heavy atom. The van der Waals surface area contributed by atoms with Crippen LogP contribution in [0.4, 0.5) is 15.9 Å². The molecule has 4 nitrogen and oxygen atoms in total. The lowest BCUT2D eigenvalue weighted by Gasteiger charge is -2.08. The van der Waals surface area contributed by atoms with Gasteiger partial charge in [0.2, 0.25) is 0 Å². The SMILES string of the molecule is Cc1cc(C(=O)Nc2cc(F)ccc2Br)cc(N)n1. The molecule has 0 saturated heterocycles. The van der Waals surface area contributed by atoms with Crippen LogP contribution in [0.3, 0.4) is 0 Å². The number of aromatic nitrogens is 1. The van der Waals surface area contributed by atoms with E-state index in [-0.39, 0.29) is 11.7 Å². The van der Waals surface area contributed by atoms with Gasteiger partial charge < -0.3 is 11.1 Å². The number of pyridine rings is 1. The number of amides is 1. The molecule has 1 aromatic heterocycles. The average Bonchev–Trinajstić information content (AvgIpc) is 2.32. The number of hydrogen-bond donors (Lipinski definition) is 2. The first-order chi connectivity index (χ1) is 8.95. The largest absolute Gasteiger partial charge is 0.384 e. The summed E-state index contributed by atoms with van der Waals surface area (Å²) in [5.41, 5.74) is 6.96. The predicted octanol–water partition coefficient (Wildman–Crippen LogP) is 3.13. The predicted molar refractivity (Wildman–Crippen MR) is 75.4 cm³/mol. The van der Waals surface area contributed by atoms with Gasteiger partial charge in [-0.1, -0.05) is 0 Å². The zero-order chi connectivity index (χ0) is 14.0. The minimum Gasteiger partial charge on any atom is -0.384 e. The fraction of sp³-hybridized carbons (Fsp3) is 0.0769. The van der Waals surface area contributed by atoms with Gasteiger partial charge in [-0.2, -0.15) is 0 Å². The Bertz CT molecular complexity index is 626. The number of nitrogen functional groups attached to an aromatic ring is 1. The molecule has 1 heterocycles. The zero-order valence-corrected chi connectivity index (χ0v) is 11.7. The molecule has 1 amide bonds. The first kappa shape index (κ1) is 13.5.